The molecule has 2 aromatic rings. The summed E-state index contributed by atoms with van der Waals surface area (Å²) in [5.41, 5.74) is 3.24. The van der Waals surface area contributed by atoms with Crippen LogP contribution in [0.15, 0.2) is 41.1 Å². The van der Waals surface area contributed by atoms with Gasteiger partial charge in [-0.25, -0.2) is 0 Å². The van der Waals surface area contributed by atoms with Crippen LogP contribution in [0, 0.1) is 0 Å². The fourth-order valence-electron chi connectivity index (χ4n) is 3.53. The molecule has 1 aromatic heterocycles. The summed E-state index contributed by atoms with van der Waals surface area (Å²) in [5, 5.41) is 7.42. The first-order chi connectivity index (χ1) is 13.5. The maximum atomic E-state index is 12.7. The minimum atomic E-state index is -0.00450. The molecule has 154 valence electrons. The van der Waals surface area contributed by atoms with Crippen LogP contribution in [0.4, 0.5) is 0 Å². The first-order valence-corrected chi connectivity index (χ1v) is 11.3. The summed E-state index contributed by atoms with van der Waals surface area (Å²) in [6.07, 6.45) is 0. The Labute approximate surface area is 174 Å². The first kappa shape index (κ1) is 22.6. The minimum Gasteiger partial charge on any atom is -0.350 e. The molecule has 0 radical (unpaired) electrons. The van der Waals surface area contributed by atoms with Crippen molar-refractivity contribution >= 4 is 17.2 Å². The Morgan fingerprint density at radius 3 is 2.14 bits per heavy atom. The standard InChI is InChI=1S/C23H35N3OS/c1-6-25(7-2)22(21-13-14-28-17-21)15-24-23(27)20-11-9-19(10-12-20)16-26(8-3)18(4)5/h9-14,17-18,22H,6-8,15-16H2,1-5H3,(H,24,27). The van der Waals surface area contributed by atoms with Crippen LogP contribution in [-0.4, -0.2) is 47.9 Å². The lowest BCUT2D eigenvalue weighted by Gasteiger charge is -2.29. The van der Waals surface area contributed by atoms with Gasteiger partial charge in [-0.1, -0.05) is 32.9 Å². The molecule has 4 nitrogen and oxygen atoms in total. The number of rotatable bonds is 11. The molecule has 0 bridgehead atoms. The molecule has 0 saturated carbocycles. The number of amides is 1. The molecule has 5 heteroatoms. The molecular weight excluding hydrogens is 366 g/mol. The molecule has 0 aliphatic carbocycles. The molecule has 0 aliphatic rings. The van der Waals surface area contributed by atoms with Crippen LogP contribution in [0.2, 0.25) is 0 Å². The molecule has 2 rings (SSSR count). The van der Waals surface area contributed by atoms with Gasteiger partial charge in [-0.2, -0.15) is 11.3 Å². The second-order valence-corrected chi connectivity index (χ2v) is 8.14. The lowest BCUT2D eigenvalue weighted by molar-refractivity contribution is 0.0935. The largest absolute Gasteiger partial charge is 0.350 e. The van der Waals surface area contributed by atoms with E-state index in [9.17, 15) is 4.79 Å². The van der Waals surface area contributed by atoms with Gasteiger partial charge in [0.05, 0.1) is 6.04 Å². The van der Waals surface area contributed by atoms with Crippen LogP contribution in [0.5, 0.6) is 0 Å². The molecule has 28 heavy (non-hydrogen) atoms. The number of carbonyl (C=O) groups is 1. The smallest absolute Gasteiger partial charge is 0.251 e. The van der Waals surface area contributed by atoms with Gasteiger partial charge in [-0.05, 0) is 73.6 Å². The number of carbonyl (C=O) groups excluding carboxylic acids is 1. The van der Waals surface area contributed by atoms with Crippen LogP contribution < -0.4 is 5.32 Å². The zero-order valence-electron chi connectivity index (χ0n) is 17.9. The van der Waals surface area contributed by atoms with E-state index in [1.54, 1.807) is 11.3 Å². The van der Waals surface area contributed by atoms with Crippen LogP contribution >= 0.6 is 11.3 Å². The first-order valence-electron chi connectivity index (χ1n) is 10.4. The third kappa shape index (κ3) is 6.16. The van der Waals surface area contributed by atoms with E-state index in [-0.39, 0.29) is 11.9 Å². The molecule has 0 saturated heterocycles. The average molecular weight is 402 g/mol. The number of hydrogen-bond acceptors (Lipinski definition) is 4. The lowest BCUT2D eigenvalue weighted by atomic mass is 10.1. The highest BCUT2D eigenvalue weighted by atomic mass is 32.1. The van der Waals surface area contributed by atoms with Crippen molar-refractivity contribution < 1.29 is 4.79 Å². The predicted octanol–water partition coefficient (Wildman–Crippen LogP) is 4.79. The van der Waals surface area contributed by atoms with Gasteiger partial charge < -0.3 is 5.32 Å². The second kappa shape index (κ2) is 11.3. The van der Waals surface area contributed by atoms with E-state index in [2.05, 4.69) is 78.7 Å². The maximum absolute atomic E-state index is 12.7. The molecule has 0 fully saturated rings. The normalized spacial score (nSPS) is 12.7. The molecule has 1 atom stereocenters. The Morgan fingerprint density at radius 2 is 1.64 bits per heavy atom. The molecule has 0 spiro atoms. The third-order valence-electron chi connectivity index (χ3n) is 5.38. The molecular formula is C23H35N3OS. The van der Waals surface area contributed by atoms with Crippen molar-refractivity contribution in [1.82, 2.24) is 15.1 Å². The summed E-state index contributed by atoms with van der Waals surface area (Å²) < 4.78 is 0. The Bertz CT molecular complexity index is 693. The summed E-state index contributed by atoms with van der Waals surface area (Å²) in [5.74, 6) is -0.00450. The summed E-state index contributed by atoms with van der Waals surface area (Å²) in [6.45, 7) is 15.4. The van der Waals surface area contributed by atoms with Crippen molar-refractivity contribution in [3.05, 3.63) is 57.8 Å². The quantitative estimate of drug-likeness (QED) is 0.588. The topological polar surface area (TPSA) is 35.6 Å². The van der Waals surface area contributed by atoms with E-state index < -0.39 is 0 Å². The van der Waals surface area contributed by atoms with Crippen LogP contribution in [0.1, 0.15) is 62.1 Å². The van der Waals surface area contributed by atoms with Gasteiger partial charge in [0.25, 0.3) is 5.91 Å². The SMILES string of the molecule is CCN(Cc1ccc(C(=O)NCC(c2ccsc2)N(CC)CC)cc1)C(C)C. The van der Waals surface area contributed by atoms with E-state index in [4.69, 9.17) is 0 Å². The summed E-state index contributed by atoms with van der Waals surface area (Å²) in [4.78, 5) is 17.5. The van der Waals surface area contributed by atoms with Gasteiger partial charge >= 0.3 is 0 Å². The number of nitrogens with one attached hydrogen (secondary N) is 1. The fourth-order valence-corrected chi connectivity index (χ4v) is 4.24. The molecule has 0 aliphatic heterocycles. The van der Waals surface area contributed by atoms with Crippen molar-refractivity contribution in [3.63, 3.8) is 0 Å². The highest BCUT2D eigenvalue weighted by molar-refractivity contribution is 7.07. The van der Waals surface area contributed by atoms with E-state index in [1.165, 1.54) is 11.1 Å². The van der Waals surface area contributed by atoms with Gasteiger partial charge in [-0.3, -0.25) is 14.6 Å². The molecule has 1 N–H and O–H groups in total. The van der Waals surface area contributed by atoms with Gasteiger partial charge in [0.2, 0.25) is 0 Å². The van der Waals surface area contributed by atoms with E-state index in [0.717, 1.165) is 31.7 Å². The minimum absolute atomic E-state index is 0.00450. The monoisotopic (exact) mass is 401 g/mol. The maximum Gasteiger partial charge on any atom is 0.251 e. The van der Waals surface area contributed by atoms with Crippen LogP contribution in [0.25, 0.3) is 0 Å². The Morgan fingerprint density at radius 1 is 1.00 bits per heavy atom. The molecule has 1 amide bonds. The van der Waals surface area contributed by atoms with E-state index in [1.807, 2.05) is 12.1 Å². The third-order valence-corrected chi connectivity index (χ3v) is 6.08. The second-order valence-electron chi connectivity index (χ2n) is 7.36. The number of hydrogen-bond donors (Lipinski definition) is 1. The number of thiophene rings is 1. The highest BCUT2D eigenvalue weighted by Gasteiger charge is 2.19. The fraction of sp³-hybridized carbons (Fsp3) is 0.522. The van der Waals surface area contributed by atoms with Crippen LogP contribution in [0.3, 0.4) is 0 Å². The van der Waals surface area contributed by atoms with Crippen molar-refractivity contribution in [3.8, 4) is 0 Å². The number of likely N-dealkylation sites (N-methyl/N-ethyl adjacent to an activating group) is 1. The lowest BCUT2D eigenvalue weighted by Crippen LogP contribution is -2.37. The number of benzene rings is 1. The van der Waals surface area contributed by atoms with Gasteiger partial charge in [-0.15, -0.1) is 0 Å². The summed E-state index contributed by atoms with van der Waals surface area (Å²) in [7, 11) is 0. The highest BCUT2D eigenvalue weighted by Crippen LogP contribution is 2.22. The zero-order chi connectivity index (χ0) is 20.5. The molecule has 1 heterocycles. The van der Waals surface area contributed by atoms with E-state index in [0.29, 0.717) is 12.6 Å². The molecule has 1 aromatic carbocycles. The van der Waals surface area contributed by atoms with Gasteiger partial charge in [0, 0.05) is 24.7 Å². The number of nitrogens with zero attached hydrogens (tertiary/aromatic N) is 2. The summed E-state index contributed by atoms with van der Waals surface area (Å²) in [6, 6.07) is 10.9. The Kier molecular flexibility index (Phi) is 9.16. The Hall–Kier alpha value is -1.69. The predicted molar refractivity (Wildman–Crippen MR) is 120 cm³/mol. The van der Waals surface area contributed by atoms with Gasteiger partial charge in [0.15, 0.2) is 0 Å². The summed E-state index contributed by atoms with van der Waals surface area (Å²) >= 11 is 1.70. The van der Waals surface area contributed by atoms with Crippen molar-refractivity contribution in [1.29, 1.82) is 0 Å². The van der Waals surface area contributed by atoms with Crippen molar-refractivity contribution in [2.45, 2.75) is 53.2 Å². The Balaban J connectivity index is 1.99. The van der Waals surface area contributed by atoms with Crippen molar-refractivity contribution in [2.24, 2.45) is 0 Å². The van der Waals surface area contributed by atoms with Gasteiger partial charge in [0.1, 0.15) is 0 Å². The van der Waals surface area contributed by atoms with E-state index >= 15 is 0 Å². The van der Waals surface area contributed by atoms with Crippen molar-refractivity contribution in [2.75, 3.05) is 26.2 Å². The molecule has 1 unspecified atom stereocenters. The van der Waals surface area contributed by atoms with Crippen LogP contribution in [-0.2, 0) is 6.54 Å². The zero-order valence-corrected chi connectivity index (χ0v) is 18.8. The average Bonchev–Trinajstić information content (AvgIpc) is 3.23.